The normalized spacial score (nSPS) is 16.6. The van der Waals surface area contributed by atoms with E-state index in [0.29, 0.717) is 0 Å². The van der Waals surface area contributed by atoms with Crippen molar-refractivity contribution in [1.29, 1.82) is 0 Å². The summed E-state index contributed by atoms with van der Waals surface area (Å²) >= 11 is 3.43. The van der Waals surface area contributed by atoms with E-state index in [0.717, 1.165) is 38.2 Å². The van der Waals surface area contributed by atoms with Gasteiger partial charge in [0.1, 0.15) is 6.54 Å². The molecule has 0 atom stereocenters. The molecule has 3 nitrogen and oxygen atoms in total. The minimum Gasteiger partial charge on any atom is -0.289 e. The molecular weight excluding hydrogens is 456 g/mol. The SMILES string of the molecule is O=c1c2cc(C[N+]3=C4CCCCCN4CCC3)ccc2sc2ccc(Sc3ccccc3)cc12. The monoisotopic (exact) mass is 485 g/mol. The van der Waals surface area contributed by atoms with Gasteiger partial charge in [-0.2, -0.15) is 0 Å². The van der Waals surface area contributed by atoms with Gasteiger partial charge in [0.25, 0.3) is 0 Å². The van der Waals surface area contributed by atoms with Gasteiger partial charge in [-0.05, 0) is 67.3 Å². The summed E-state index contributed by atoms with van der Waals surface area (Å²) in [5, 5.41) is 1.69. The molecule has 0 radical (unpaired) electrons. The van der Waals surface area contributed by atoms with Crippen LogP contribution in [0.15, 0.2) is 81.3 Å². The molecule has 34 heavy (non-hydrogen) atoms. The number of fused-ring (bicyclic) bond motifs is 3. The van der Waals surface area contributed by atoms with E-state index >= 15 is 0 Å². The van der Waals surface area contributed by atoms with Crippen molar-refractivity contribution in [2.45, 2.75) is 48.4 Å². The molecule has 0 amide bonds. The Hall–Kier alpha value is -2.63. The van der Waals surface area contributed by atoms with Crippen molar-refractivity contribution in [1.82, 2.24) is 4.90 Å². The number of hydrogen-bond donors (Lipinski definition) is 0. The third kappa shape index (κ3) is 4.39. The highest BCUT2D eigenvalue weighted by atomic mass is 32.2. The van der Waals surface area contributed by atoms with Crippen LogP contribution < -0.4 is 5.43 Å². The van der Waals surface area contributed by atoms with Crippen LogP contribution in [-0.4, -0.2) is 34.9 Å². The highest BCUT2D eigenvalue weighted by molar-refractivity contribution is 7.99. The Kier molecular flexibility index (Phi) is 6.15. The van der Waals surface area contributed by atoms with Gasteiger partial charge in [-0.15, -0.1) is 11.3 Å². The smallest absolute Gasteiger partial charge is 0.247 e. The van der Waals surface area contributed by atoms with Crippen molar-refractivity contribution in [3.05, 3.63) is 82.5 Å². The molecule has 0 bridgehead atoms. The third-order valence-corrected chi connectivity index (χ3v) is 9.12. The van der Waals surface area contributed by atoms with Crippen molar-refractivity contribution >= 4 is 49.1 Å². The fourth-order valence-electron chi connectivity index (χ4n) is 5.29. The lowest BCUT2D eigenvalue weighted by Crippen LogP contribution is -2.43. The summed E-state index contributed by atoms with van der Waals surface area (Å²) in [7, 11) is 0. The van der Waals surface area contributed by atoms with Crippen molar-refractivity contribution < 1.29 is 4.58 Å². The first-order valence-corrected chi connectivity index (χ1v) is 14.0. The van der Waals surface area contributed by atoms with Gasteiger partial charge in [0.05, 0.1) is 19.6 Å². The molecule has 0 aliphatic carbocycles. The minimum atomic E-state index is 0.156. The predicted molar refractivity (Wildman–Crippen MR) is 145 cm³/mol. The van der Waals surface area contributed by atoms with Crippen molar-refractivity contribution in [3.63, 3.8) is 0 Å². The predicted octanol–water partition coefficient (Wildman–Crippen LogP) is 6.76. The number of nitrogens with zero attached hydrogens (tertiary/aromatic N) is 2. The zero-order chi connectivity index (χ0) is 22.9. The van der Waals surface area contributed by atoms with Gasteiger partial charge >= 0.3 is 0 Å². The van der Waals surface area contributed by atoms with Crippen molar-refractivity contribution in [3.8, 4) is 0 Å². The van der Waals surface area contributed by atoms with Crippen molar-refractivity contribution in [2.75, 3.05) is 19.6 Å². The van der Waals surface area contributed by atoms with Crippen LogP contribution in [-0.2, 0) is 6.54 Å². The van der Waals surface area contributed by atoms with Crippen LogP contribution in [0.3, 0.4) is 0 Å². The number of rotatable bonds is 4. The summed E-state index contributed by atoms with van der Waals surface area (Å²) in [6.07, 6.45) is 6.35. The zero-order valence-corrected chi connectivity index (χ0v) is 21.0. The van der Waals surface area contributed by atoms with E-state index in [-0.39, 0.29) is 5.43 Å². The van der Waals surface area contributed by atoms with E-state index in [4.69, 9.17) is 0 Å². The van der Waals surface area contributed by atoms with Gasteiger partial charge in [-0.1, -0.05) is 36.0 Å². The van der Waals surface area contributed by atoms with Gasteiger partial charge in [0.2, 0.25) is 5.84 Å². The molecule has 2 aliphatic rings. The van der Waals surface area contributed by atoms with Crippen LogP contribution >= 0.6 is 23.1 Å². The molecule has 0 unspecified atom stereocenters. The van der Waals surface area contributed by atoms with E-state index < -0.39 is 0 Å². The van der Waals surface area contributed by atoms with Gasteiger partial charge in [0.15, 0.2) is 5.43 Å². The lowest BCUT2D eigenvalue weighted by atomic mass is 10.1. The second kappa shape index (κ2) is 9.55. The zero-order valence-electron chi connectivity index (χ0n) is 19.3. The summed E-state index contributed by atoms with van der Waals surface area (Å²) in [6, 6.07) is 23.2. The Labute approximate surface area is 208 Å². The minimum absolute atomic E-state index is 0.156. The maximum Gasteiger partial charge on any atom is 0.247 e. The Morgan fingerprint density at radius 3 is 2.50 bits per heavy atom. The third-order valence-electron chi connectivity index (χ3n) is 6.97. The summed E-state index contributed by atoms with van der Waals surface area (Å²) in [4.78, 5) is 18.5. The maximum atomic E-state index is 13.6. The molecule has 1 saturated heterocycles. The van der Waals surface area contributed by atoms with Gasteiger partial charge in [-0.25, -0.2) is 0 Å². The quantitative estimate of drug-likeness (QED) is 0.236. The number of amidine groups is 1. The summed E-state index contributed by atoms with van der Waals surface area (Å²) in [6.45, 7) is 4.42. The van der Waals surface area contributed by atoms with Crippen LogP contribution in [0.5, 0.6) is 0 Å². The highest BCUT2D eigenvalue weighted by Gasteiger charge is 2.28. The van der Waals surface area contributed by atoms with Crippen LogP contribution in [0, 0.1) is 0 Å². The topological polar surface area (TPSA) is 23.3 Å². The average Bonchev–Trinajstić information content (AvgIpc) is 3.12. The van der Waals surface area contributed by atoms with Crippen LogP contribution in [0.4, 0.5) is 0 Å². The Morgan fingerprint density at radius 1 is 0.824 bits per heavy atom. The van der Waals surface area contributed by atoms with E-state index in [1.165, 1.54) is 61.5 Å². The fourth-order valence-corrected chi connectivity index (χ4v) is 7.20. The molecule has 3 aromatic carbocycles. The Balaban J connectivity index is 1.36. The first kappa shape index (κ1) is 21.9. The maximum absolute atomic E-state index is 13.6. The molecule has 0 saturated carbocycles. The van der Waals surface area contributed by atoms with Crippen molar-refractivity contribution in [2.24, 2.45) is 0 Å². The van der Waals surface area contributed by atoms with E-state index in [2.05, 4.69) is 70.1 Å². The number of hydrogen-bond acceptors (Lipinski definition) is 4. The van der Waals surface area contributed by atoms with Crippen LogP contribution in [0.1, 0.15) is 37.7 Å². The van der Waals surface area contributed by atoms with Gasteiger partial charge in [-0.3, -0.25) is 14.3 Å². The molecule has 3 heterocycles. The average molecular weight is 486 g/mol. The van der Waals surface area contributed by atoms with Crippen LogP contribution in [0.2, 0.25) is 0 Å². The molecule has 172 valence electrons. The molecule has 6 rings (SSSR count). The molecule has 4 aromatic rings. The molecule has 0 spiro atoms. The fraction of sp³-hybridized carbons (Fsp3) is 0.310. The first-order valence-electron chi connectivity index (χ1n) is 12.3. The highest BCUT2D eigenvalue weighted by Crippen LogP contribution is 2.32. The molecule has 1 fully saturated rings. The standard InChI is InChI=1S/C29H29N2OS2/c32-29-24-18-21(20-31-17-7-16-30-15-6-2-5-10-28(30)31)11-13-26(24)34-27-14-12-23(19-25(27)29)33-22-8-3-1-4-9-22/h1,3-4,8-9,11-14,18-19H,2,5-7,10,15-17,20H2/q+1. The van der Waals surface area contributed by atoms with Crippen LogP contribution in [0.25, 0.3) is 20.2 Å². The van der Waals surface area contributed by atoms with E-state index in [9.17, 15) is 4.79 Å². The largest absolute Gasteiger partial charge is 0.289 e. The molecule has 2 aliphatic heterocycles. The molecule has 0 N–H and O–H groups in total. The second-order valence-electron chi connectivity index (χ2n) is 9.32. The Bertz CT molecular complexity index is 1440. The lowest BCUT2D eigenvalue weighted by Gasteiger charge is -2.26. The summed E-state index contributed by atoms with van der Waals surface area (Å²) < 4.78 is 4.70. The van der Waals surface area contributed by atoms with E-state index in [1.807, 2.05) is 6.07 Å². The first-order chi connectivity index (χ1) is 16.7. The second-order valence-corrected chi connectivity index (χ2v) is 11.6. The summed E-state index contributed by atoms with van der Waals surface area (Å²) in [5.74, 6) is 1.52. The molecule has 1 aromatic heterocycles. The molecule has 5 heteroatoms. The van der Waals surface area contributed by atoms with Gasteiger partial charge in [0, 0.05) is 42.8 Å². The lowest BCUT2D eigenvalue weighted by molar-refractivity contribution is -0.555. The summed E-state index contributed by atoms with van der Waals surface area (Å²) in [5.41, 5.74) is 1.40. The van der Waals surface area contributed by atoms with E-state index in [1.54, 1.807) is 23.1 Å². The number of benzene rings is 3. The van der Waals surface area contributed by atoms with Gasteiger partial charge < -0.3 is 0 Å². The molecular formula is C29H29N2OS2+. The Morgan fingerprint density at radius 2 is 1.62 bits per heavy atom.